The highest BCUT2D eigenvalue weighted by atomic mass is 14.9. The molecule has 0 aromatic carbocycles. The lowest BCUT2D eigenvalue weighted by atomic mass is 9.53. The molecule has 0 aliphatic heterocycles. The van der Waals surface area contributed by atoms with Gasteiger partial charge in [-0.25, -0.2) is 20.0 Å². The van der Waals surface area contributed by atoms with Crippen LogP contribution in [0, 0.1) is 35.5 Å². The number of unbranched alkanes of at least 4 members (excludes halogenated alkanes) is 2. The van der Waals surface area contributed by atoms with Gasteiger partial charge in [0.05, 0.1) is 23.1 Å². The largest absolute Gasteiger partial charge is 0.226 e. The maximum atomic E-state index is 4.89. The molecule has 31 heavy (non-hydrogen) atoms. The molecule has 0 heterocycles. The lowest BCUT2D eigenvalue weighted by Crippen LogP contribution is -2.49. The summed E-state index contributed by atoms with van der Waals surface area (Å²) in [5.41, 5.74) is 0.450. The lowest BCUT2D eigenvalue weighted by Gasteiger charge is -2.54. The molecule has 0 radical (unpaired) electrons. The van der Waals surface area contributed by atoms with Crippen molar-refractivity contribution in [3.8, 4) is 0 Å². The van der Waals surface area contributed by atoms with Gasteiger partial charge in [-0.1, -0.05) is 0 Å². The van der Waals surface area contributed by atoms with Crippen LogP contribution in [0.4, 0.5) is 0 Å². The van der Waals surface area contributed by atoms with E-state index in [-0.39, 0.29) is 11.1 Å². The van der Waals surface area contributed by atoms with E-state index in [1.54, 1.807) is 0 Å². The standard InChI is InChI=1S/C27H40N4/c1(2-4-28-18-30-26-12-20-6-21(13-26)8-22(7-20)14-26)3-5-29-19-31-27-15-23-9-24(16-27)11-25(10-23)17-27/h20-25H,1-17H2. The summed E-state index contributed by atoms with van der Waals surface area (Å²) >= 11 is 0. The van der Waals surface area contributed by atoms with Gasteiger partial charge in [-0.3, -0.25) is 0 Å². The Morgan fingerprint density at radius 1 is 0.484 bits per heavy atom. The number of hydrogen-bond donors (Lipinski definition) is 0. The van der Waals surface area contributed by atoms with Crippen LogP contribution in [-0.2, 0) is 0 Å². The monoisotopic (exact) mass is 420 g/mol. The Labute approximate surface area is 188 Å². The summed E-state index contributed by atoms with van der Waals surface area (Å²) in [7, 11) is 0. The molecule has 0 saturated heterocycles. The van der Waals surface area contributed by atoms with E-state index in [0.717, 1.165) is 61.4 Å². The summed E-state index contributed by atoms with van der Waals surface area (Å²) in [4.78, 5) is 18.8. The SMILES string of the molecule is C(=NCCCCCN=C=NC12CC3CC(CC(C3)C1)C2)=NC12CC3CC(CC(C3)C1)C2. The molecule has 8 saturated carbocycles. The minimum absolute atomic E-state index is 0.225. The highest BCUT2D eigenvalue weighted by molar-refractivity contribution is 5.43. The molecule has 8 fully saturated rings. The van der Waals surface area contributed by atoms with Crippen LogP contribution in [0.5, 0.6) is 0 Å². The summed E-state index contributed by atoms with van der Waals surface area (Å²) in [6.07, 6.45) is 20.1. The topological polar surface area (TPSA) is 49.4 Å². The Kier molecular flexibility index (Phi) is 5.44. The Morgan fingerprint density at radius 3 is 1.13 bits per heavy atom. The zero-order valence-electron chi connectivity index (χ0n) is 19.3. The first-order valence-electron chi connectivity index (χ1n) is 13.4. The van der Waals surface area contributed by atoms with Gasteiger partial charge in [0, 0.05) is 13.1 Å². The van der Waals surface area contributed by atoms with E-state index in [1.165, 1.54) is 83.5 Å². The van der Waals surface area contributed by atoms with Crippen LogP contribution >= 0.6 is 0 Å². The summed E-state index contributed by atoms with van der Waals surface area (Å²) < 4.78 is 0. The Morgan fingerprint density at radius 2 is 0.806 bits per heavy atom. The van der Waals surface area contributed by atoms with Gasteiger partial charge in [-0.05, 0) is 132 Å². The molecule has 8 aliphatic carbocycles. The second-order valence-corrected chi connectivity index (χ2v) is 12.5. The van der Waals surface area contributed by atoms with Crippen LogP contribution < -0.4 is 0 Å². The van der Waals surface area contributed by atoms with Crippen LogP contribution in [-0.4, -0.2) is 36.2 Å². The van der Waals surface area contributed by atoms with E-state index in [2.05, 4.69) is 22.0 Å². The van der Waals surface area contributed by atoms with Crippen molar-refractivity contribution in [2.24, 2.45) is 55.5 Å². The molecule has 0 aromatic heterocycles. The van der Waals surface area contributed by atoms with Crippen LogP contribution in [0.1, 0.15) is 96.3 Å². The maximum absolute atomic E-state index is 4.89. The van der Waals surface area contributed by atoms with Crippen molar-refractivity contribution in [2.75, 3.05) is 13.1 Å². The van der Waals surface area contributed by atoms with Crippen LogP contribution in [0.25, 0.3) is 0 Å². The average molecular weight is 421 g/mol. The van der Waals surface area contributed by atoms with Crippen molar-refractivity contribution in [3.63, 3.8) is 0 Å². The maximum Gasteiger partial charge on any atom is 0.0898 e. The first-order chi connectivity index (χ1) is 15.2. The van der Waals surface area contributed by atoms with Crippen LogP contribution in [0.15, 0.2) is 20.0 Å². The molecule has 8 rings (SSSR count). The molecule has 4 heteroatoms. The average Bonchev–Trinajstić information content (AvgIpc) is 2.70. The van der Waals surface area contributed by atoms with Crippen molar-refractivity contribution in [3.05, 3.63) is 0 Å². The van der Waals surface area contributed by atoms with Crippen molar-refractivity contribution in [1.29, 1.82) is 0 Å². The van der Waals surface area contributed by atoms with Crippen molar-refractivity contribution in [2.45, 2.75) is 107 Å². The third-order valence-electron chi connectivity index (χ3n) is 9.77. The Hall–Kier alpha value is -1.24. The molecule has 0 amide bonds. The molecule has 0 spiro atoms. The summed E-state index contributed by atoms with van der Waals surface area (Å²) in [5.74, 6) is 5.69. The van der Waals surface area contributed by atoms with Crippen LogP contribution in [0.3, 0.4) is 0 Å². The molecule has 4 nitrogen and oxygen atoms in total. The smallest absolute Gasteiger partial charge is 0.0898 e. The van der Waals surface area contributed by atoms with Crippen molar-refractivity contribution < 1.29 is 0 Å². The molecule has 8 bridgehead atoms. The van der Waals surface area contributed by atoms with Gasteiger partial charge < -0.3 is 0 Å². The lowest BCUT2D eigenvalue weighted by molar-refractivity contribution is 0.00181. The van der Waals surface area contributed by atoms with E-state index in [1.807, 2.05) is 0 Å². The highest BCUT2D eigenvalue weighted by Gasteiger charge is 2.52. The number of nitrogens with zero attached hydrogens (tertiary/aromatic N) is 4. The Bertz CT molecular complexity index is 661. The predicted octanol–water partition coefficient (Wildman–Crippen LogP) is 6.44. The van der Waals surface area contributed by atoms with E-state index in [4.69, 9.17) is 9.98 Å². The van der Waals surface area contributed by atoms with Crippen LogP contribution in [0.2, 0.25) is 0 Å². The second-order valence-electron chi connectivity index (χ2n) is 12.5. The number of rotatable bonds is 8. The normalized spacial score (nSPS) is 45.8. The molecule has 0 atom stereocenters. The molecular formula is C27H40N4. The van der Waals surface area contributed by atoms with E-state index in [9.17, 15) is 0 Å². The highest BCUT2D eigenvalue weighted by Crippen LogP contribution is 2.58. The van der Waals surface area contributed by atoms with Gasteiger partial charge in [0.15, 0.2) is 0 Å². The zero-order chi connectivity index (χ0) is 20.7. The fourth-order valence-electron chi connectivity index (χ4n) is 9.35. The van der Waals surface area contributed by atoms with Gasteiger partial charge in [-0.2, -0.15) is 0 Å². The van der Waals surface area contributed by atoms with E-state index >= 15 is 0 Å². The van der Waals surface area contributed by atoms with Crippen molar-refractivity contribution >= 4 is 12.0 Å². The van der Waals surface area contributed by atoms with E-state index < -0.39 is 0 Å². The second kappa shape index (κ2) is 8.27. The third kappa shape index (κ3) is 4.36. The van der Waals surface area contributed by atoms with Gasteiger partial charge in [-0.15, -0.1) is 0 Å². The fourth-order valence-corrected chi connectivity index (χ4v) is 9.35. The van der Waals surface area contributed by atoms with Gasteiger partial charge in [0.1, 0.15) is 0 Å². The molecule has 0 aromatic rings. The molecule has 8 aliphatic rings. The predicted molar refractivity (Wildman–Crippen MR) is 125 cm³/mol. The quantitative estimate of drug-likeness (QED) is 0.320. The van der Waals surface area contributed by atoms with Gasteiger partial charge >= 0.3 is 0 Å². The minimum Gasteiger partial charge on any atom is -0.226 e. The van der Waals surface area contributed by atoms with Gasteiger partial charge in [0.2, 0.25) is 0 Å². The minimum atomic E-state index is 0.225. The third-order valence-corrected chi connectivity index (χ3v) is 9.77. The first kappa shape index (κ1) is 20.4. The first-order valence-corrected chi connectivity index (χ1v) is 13.4. The molecule has 0 N–H and O–H groups in total. The summed E-state index contributed by atoms with van der Waals surface area (Å²) in [6, 6.07) is 6.23. The van der Waals surface area contributed by atoms with Gasteiger partial charge in [0.25, 0.3) is 0 Å². The number of aliphatic imine (C=N–C) groups is 4. The molecule has 168 valence electrons. The Balaban J connectivity index is 0.902. The van der Waals surface area contributed by atoms with Crippen molar-refractivity contribution in [1.82, 2.24) is 0 Å². The summed E-state index contributed by atoms with van der Waals surface area (Å²) in [5, 5.41) is 0. The molecule has 0 unspecified atom stereocenters. The number of hydrogen-bond acceptors (Lipinski definition) is 4. The zero-order valence-corrected chi connectivity index (χ0v) is 19.3. The molecular weight excluding hydrogens is 380 g/mol. The van der Waals surface area contributed by atoms with E-state index in [0.29, 0.717) is 0 Å². The summed E-state index contributed by atoms with van der Waals surface area (Å²) in [6.45, 7) is 1.72. The fraction of sp³-hybridized carbons (Fsp3) is 0.926.